The van der Waals surface area contributed by atoms with Gasteiger partial charge in [-0.25, -0.2) is 4.98 Å². The Labute approximate surface area is 131 Å². The van der Waals surface area contributed by atoms with E-state index in [9.17, 15) is 4.79 Å². The van der Waals surface area contributed by atoms with Crippen molar-refractivity contribution in [2.45, 2.75) is 11.9 Å². The minimum Gasteiger partial charge on any atom is -0.288 e. The number of thioether (sulfide) groups is 1. The lowest BCUT2D eigenvalue weighted by molar-refractivity contribution is -0.753. The number of carbonyl (C=O) groups is 1. The average molecular weight is 319 g/mol. The van der Waals surface area contributed by atoms with Crippen molar-refractivity contribution in [3.05, 3.63) is 29.6 Å². The summed E-state index contributed by atoms with van der Waals surface area (Å²) in [6, 6.07) is 5.51. The van der Waals surface area contributed by atoms with E-state index in [0.29, 0.717) is 10.6 Å². The largest absolute Gasteiger partial charge is 0.305 e. The van der Waals surface area contributed by atoms with Crippen LogP contribution in [-0.2, 0) is 4.79 Å². The first-order chi connectivity index (χ1) is 10.5. The number of carbonyl (C=O) groups excluding carboxylic acids is 1. The molecule has 0 bridgehead atoms. The van der Waals surface area contributed by atoms with Gasteiger partial charge in [0.05, 0.1) is 30.2 Å². The maximum Gasteiger partial charge on any atom is 0.305 e. The third-order valence-corrected chi connectivity index (χ3v) is 3.58. The Morgan fingerprint density at radius 2 is 2.32 bits per heavy atom. The average Bonchev–Trinajstić information content (AvgIpc) is 2.94. The highest BCUT2D eigenvalue weighted by atomic mass is 32.2. The predicted molar refractivity (Wildman–Crippen MR) is 79.8 cm³/mol. The topological polar surface area (TPSA) is 98.9 Å². The van der Waals surface area contributed by atoms with Crippen LogP contribution < -0.4 is 15.1 Å². The third-order valence-electron chi connectivity index (χ3n) is 2.59. The van der Waals surface area contributed by atoms with E-state index in [4.69, 9.17) is 9.78 Å². The predicted octanol–water partition coefficient (Wildman–Crippen LogP) is 0.466. The number of hydrogen-bond acceptors (Lipinski definition) is 7. The van der Waals surface area contributed by atoms with Crippen LogP contribution in [-0.4, -0.2) is 36.0 Å². The number of hydrogen-bond donors (Lipinski definition) is 1. The van der Waals surface area contributed by atoms with Gasteiger partial charge in [0.15, 0.2) is 0 Å². The van der Waals surface area contributed by atoms with Gasteiger partial charge in [-0.15, -0.1) is 0 Å². The molecule has 0 aliphatic heterocycles. The van der Waals surface area contributed by atoms with Crippen molar-refractivity contribution in [1.82, 2.24) is 10.3 Å². The molecule has 0 saturated carbocycles. The van der Waals surface area contributed by atoms with Gasteiger partial charge in [-0.1, -0.05) is 11.8 Å². The molecular formula is C13H15N6O2S+. The fourth-order valence-electron chi connectivity index (χ4n) is 1.52. The van der Waals surface area contributed by atoms with E-state index in [-0.39, 0.29) is 17.5 Å². The molecule has 0 atom stereocenters. The Balaban J connectivity index is 1.95. The van der Waals surface area contributed by atoms with Gasteiger partial charge in [-0.05, 0) is 19.1 Å². The summed E-state index contributed by atoms with van der Waals surface area (Å²) in [5, 5.41) is 17.6. The zero-order valence-electron chi connectivity index (χ0n) is 12.4. The summed E-state index contributed by atoms with van der Waals surface area (Å²) in [5.74, 6) is 0.101. The van der Waals surface area contributed by atoms with Gasteiger partial charge in [-0.3, -0.25) is 14.6 Å². The molecule has 22 heavy (non-hydrogen) atoms. The first kappa shape index (κ1) is 15.8. The number of aryl methyl sites for hydroxylation is 1. The second-order valence-corrected chi connectivity index (χ2v) is 5.55. The van der Waals surface area contributed by atoms with E-state index in [2.05, 4.69) is 21.6 Å². The van der Waals surface area contributed by atoms with E-state index < -0.39 is 0 Å². The quantitative estimate of drug-likeness (QED) is 0.631. The van der Waals surface area contributed by atoms with Gasteiger partial charge in [-0.2, -0.15) is 10.3 Å². The number of nitrogens with zero attached hydrogens (tertiary/aromatic N) is 5. The third kappa shape index (κ3) is 3.95. The molecule has 8 nitrogen and oxygen atoms in total. The van der Waals surface area contributed by atoms with Crippen LogP contribution >= 0.6 is 11.8 Å². The molecule has 0 aliphatic carbocycles. The van der Waals surface area contributed by atoms with E-state index in [1.165, 1.54) is 16.6 Å². The summed E-state index contributed by atoms with van der Waals surface area (Å²) >= 11 is 1.20. The number of pyridine rings is 1. The zero-order valence-corrected chi connectivity index (χ0v) is 13.2. The molecule has 2 aromatic rings. The number of amides is 1. The van der Waals surface area contributed by atoms with Gasteiger partial charge >= 0.3 is 5.88 Å². The molecule has 0 radical (unpaired) electrons. The highest BCUT2D eigenvalue weighted by molar-refractivity contribution is 8.00. The van der Waals surface area contributed by atoms with Crippen molar-refractivity contribution in [2.75, 3.05) is 30.2 Å². The number of anilines is 1. The van der Waals surface area contributed by atoms with Crippen LogP contribution in [0.2, 0.25) is 0 Å². The zero-order chi connectivity index (χ0) is 16.1. The first-order valence-electron chi connectivity index (χ1n) is 6.36. The normalized spacial score (nSPS) is 10.1. The van der Waals surface area contributed by atoms with Crippen LogP contribution in [0.3, 0.4) is 0 Å². The van der Waals surface area contributed by atoms with Gasteiger partial charge < -0.3 is 0 Å². The van der Waals surface area contributed by atoms with E-state index >= 15 is 0 Å². The maximum absolute atomic E-state index is 11.9. The van der Waals surface area contributed by atoms with Gasteiger partial charge in [0.2, 0.25) is 11.2 Å². The smallest absolute Gasteiger partial charge is 0.288 e. The number of rotatable bonds is 5. The number of nitrogens with one attached hydrogen (secondary N) is 1. The minimum absolute atomic E-state index is 0.119. The monoisotopic (exact) mass is 319 g/mol. The lowest BCUT2D eigenvalue weighted by atomic mass is 10.3. The molecule has 0 saturated heterocycles. The highest BCUT2D eigenvalue weighted by Gasteiger charge is 2.16. The van der Waals surface area contributed by atoms with Crippen molar-refractivity contribution in [2.24, 2.45) is 0 Å². The van der Waals surface area contributed by atoms with Crippen molar-refractivity contribution in [1.29, 1.82) is 5.26 Å². The Morgan fingerprint density at radius 1 is 1.55 bits per heavy atom. The van der Waals surface area contributed by atoms with Crippen LogP contribution in [0.4, 0.5) is 5.88 Å². The van der Waals surface area contributed by atoms with Crippen LogP contribution in [0, 0.1) is 18.3 Å². The number of aromatic nitrogens is 3. The SMILES string of the molecule is Cc1ccc(C#N)c(SCC(=O)Nc2c[n+](N(C)C)no2)n1. The molecule has 0 aromatic carbocycles. The van der Waals surface area contributed by atoms with E-state index in [1.807, 2.05) is 6.92 Å². The molecule has 1 N–H and O–H groups in total. The van der Waals surface area contributed by atoms with Crippen molar-refractivity contribution >= 4 is 23.6 Å². The van der Waals surface area contributed by atoms with Crippen molar-refractivity contribution in [3.63, 3.8) is 0 Å². The molecule has 2 heterocycles. The molecular weight excluding hydrogens is 304 g/mol. The summed E-state index contributed by atoms with van der Waals surface area (Å²) in [6.07, 6.45) is 1.55. The molecule has 1 amide bonds. The molecule has 0 spiro atoms. The molecule has 0 aliphatic rings. The fourth-order valence-corrected chi connectivity index (χ4v) is 2.33. The Kier molecular flexibility index (Phi) is 4.95. The Bertz CT molecular complexity index is 722. The molecule has 2 aromatic heterocycles. The van der Waals surface area contributed by atoms with Crippen molar-refractivity contribution < 1.29 is 14.1 Å². The molecule has 0 unspecified atom stereocenters. The Morgan fingerprint density at radius 3 is 2.95 bits per heavy atom. The highest BCUT2D eigenvalue weighted by Crippen LogP contribution is 2.20. The van der Waals surface area contributed by atoms with Gasteiger partial charge in [0, 0.05) is 5.69 Å². The molecule has 114 valence electrons. The Hall–Kier alpha value is -2.60. The van der Waals surface area contributed by atoms with Crippen LogP contribution in [0.15, 0.2) is 27.9 Å². The maximum atomic E-state index is 11.9. The second-order valence-electron chi connectivity index (χ2n) is 4.59. The standard InChI is InChI=1S/C13H14N6O2S/c1-9-4-5-10(6-14)13(15-9)22-8-11(20)16-12-7-19(17-21-12)18(2)3/h4-5,7H,8H2,1-3H3/p+1. The lowest BCUT2D eigenvalue weighted by Crippen LogP contribution is -2.53. The van der Waals surface area contributed by atoms with E-state index in [1.54, 1.807) is 37.4 Å². The van der Waals surface area contributed by atoms with Gasteiger partial charge in [0.25, 0.3) is 6.20 Å². The summed E-state index contributed by atoms with van der Waals surface area (Å²) in [4.78, 5) is 17.6. The molecule has 0 fully saturated rings. The summed E-state index contributed by atoms with van der Waals surface area (Å²) in [6.45, 7) is 1.83. The molecule has 9 heteroatoms. The lowest BCUT2D eigenvalue weighted by Gasteiger charge is -2.03. The molecule has 2 rings (SSSR count). The number of nitriles is 1. The van der Waals surface area contributed by atoms with Crippen LogP contribution in [0.25, 0.3) is 0 Å². The summed E-state index contributed by atoms with van der Waals surface area (Å²) in [5.41, 5.74) is 1.25. The summed E-state index contributed by atoms with van der Waals surface area (Å²) in [7, 11) is 3.58. The minimum atomic E-state index is -0.265. The van der Waals surface area contributed by atoms with Gasteiger partial charge in [0.1, 0.15) is 11.1 Å². The van der Waals surface area contributed by atoms with Crippen molar-refractivity contribution in [3.8, 4) is 6.07 Å². The second kappa shape index (κ2) is 6.91. The van der Waals surface area contributed by atoms with Crippen LogP contribution in [0.5, 0.6) is 0 Å². The van der Waals surface area contributed by atoms with Crippen LogP contribution in [0.1, 0.15) is 11.3 Å². The van der Waals surface area contributed by atoms with E-state index in [0.717, 1.165) is 5.69 Å². The first-order valence-corrected chi connectivity index (χ1v) is 7.35. The summed E-state index contributed by atoms with van der Waals surface area (Å²) < 4.78 is 4.97. The fraction of sp³-hybridized carbons (Fsp3) is 0.308.